The number of rotatable bonds is 2. The minimum absolute atomic E-state index is 0.313. The number of ether oxygens (including phenoxy) is 1. The third-order valence-electron chi connectivity index (χ3n) is 0.759. The summed E-state index contributed by atoms with van der Waals surface area (Å²) in [6, 6.07) is 0. The molecule has 10 heavy (non-hydrogen) atoms. The molecule has 0 fully saturated rings. The van der Waals surface area contributed by atoms with Crippen molar-refractivity contribution in [2.45, 2.75) is 0 Å². The van der Waals surface area contributed by atoms with Crippen molar-refractivity contribution in [3.05, 3.63) is 11.8 Å². The smallest absolute Gasteiger partial charge is 0.332 e. The van der Waals surface area contributed by atoms with Gasteiger partial charge in [-0.2, -0.15) is 0 Å². The van der Waals surface area contributed by atoms with Crippen LogP contribution in [0.4, 0.5) is 0 Å². The van der Waals surface area contributed by atoms with Gasteiger partial charge in [0.25, 0.3) is 5.91 Å². The fourth-order valence-electron chi connectivity index (χ4n) is 0.257. The maximum absolute atomic E-state index is 10.3. The lowest BCUT2D eigenvalue weighted by Gasteiger charge is -1.92. The first-order chi connectivity index (χ1) is 4.57. The van der Waals surface area contributed by atoms with Gasteiger partial charge in [-0.25, -0.2) is 4.79 Å². The summed E-state index contributed by atoms with van der Waals surface area (Å²) in [5.74, 6) is -1.54. The number of methoxy groups -OCH3 is 1. The van der Waals surface area contributed by atoms with Crippen LogP contribution in [0.1, 0.15) is 0 Å². The summed E-state index contributed by atoms with van der Waals surface area (Å²) in [7, 11) is 1.17. The topological polar surface area (TPSA) is 95.4 Å². The minimum atomic E-state index is -0.842. The van der Waals surface area contributed by atoms with Crippen LogP contribution >= 0.6 is 0 Å². The van der Waals surface area contributed by atoms with Gasteiger partial charge in [0, 0.05) is 0 Å². The Balaban J connectivity index is 4.16. The number of carbonyl (C=O) groups is 2. The minimum Gasteiger partial charge on any atom is -0.466 e. The molecule has 0 aliphatic rings. The highest BCUT2D eigenvalue weighted by Crippen LogP contribution is 1.82. The molecule has 0 aromatic heterocycles. The number of hydrogen-bond donors (Lipinski definition) is 2. The molecule has 0 aliphatic heterocycles. The molecule has 0 saturated heterocycles. The van der Waals surface area contributed by atoms with Crippen LogP contribution in [0.25, 0.3) is 0 Å². The molecule has 0 aromatic carbocycles. The van der Waals surface area contributed by atoms with E-state index in [1.807, 2.05) is 0 Å². The summed E-state index contributed by atoms with van der Waals surface area (Å²) in [6.45, 7) is 0. The fourth-order valence-corrected chi connectivity index (χ4v) is 0.257. The standard InChI is InChI=1S/C5H8N2O3/c1-10-4(8)2-3(6)5(7)9/h2H,6H2,1H3,(H2,7,9)/b3-2-. The van der Waals surface area contributed by atoms with Crippen LogP contribution in [-0.2, 0) is 14.3 Å². The highest BCUT2D eigenvalue weighted by molar-refractivity contribution is 5.97. The molecule has 0 rings (SSSR count). The Morgan fingerprint density at radius 1 is 1.40 bits per heavy atom. The zero-order chi connectivity index (χ0) is 8.15. The van der Waals surface area contributed by atoms with Crippen molar-refractivity contribution < 1.29 is 14.3 Å². The quantitative estimate of drug-likeness (QED) is 0.363. The molecule has 0 unspecified atom stereocenters. The van der Waals surface area contributed by atoms with Crippen LogP contribution in [0.15, 0.2) is 11.8 Å². The lowest BCUT2D eigenvalue weighted by Crippen LogP contribution is -2.21. The summed E-state index contributed by atoms with van der Waals surface area (Å²) in [5, 5.41) is 0. The average Bonchev–Trinajstić information content (AvgIpc) is 1.87. The predicted molar refractivity (Wildman–Crippen MR) is 33.5 cm³/mol. The maximum atomic E-state index is 10.3. The molecule has 4 N–H and O–H groups in total. The molecule has 0 radical (unpaired) electrons. The monoisotopic (exact) mass is 144 g/mol. The van der Waals surface area contributed by atoms with E-state index >= 15 is 0 Å². The van der Waals surface area contributed by atoms with Crippen LogP contribution in [0.2, 0.25) is 0 Å². The molecular weight excluding hydrogens is 136 g/mol. The van der Waals surface area contributed by atoms with Gasteiger partial charge in [0.1, 0.15) is 5.70 Å². The number of primary amides is 1. The Morgan fingerprint density at radius 2 is 1.90 bits per heavy atom. The lowest BCUT2D eigenvalue weighted by molar-refractivity contribution is -0.135. The fraction of sp³-hybridized carbons (Fsp3) is 0.200. The normalized spacial score (nSPS) is 10.7. The first kappa shape index (κ1) is 8.48. The van der Waals surface area contributed by atoms with Gasteiger partial charge in [0.15, 0.2) is 0 Å². The van der Waals surface area contributed by atoms with Crippen molar-refractivity contribution in [2.24, 2.45) is 11.5 Å². The third kappa shape index (κ3) is 2.71. The van der Waals surface area contributed by atoms with Crippen LogP contribution in [-0.4, -0.2) is 19.0 Å². The number of amides is 1. The van der Waals surface area contributed by atoms with Gasteiger partial charge < -0.3 is 16.2 Å². The molecule has 0 heterocycles. The molecule has 56 valence electrons. The first-order valence-corrected chi connectivity index (χ1v) is 2.43. The van der Waals surface area contributed by atoms with E-state index in [0.29, 0.717) is 0 Å². The molecule has 0 atom stereocenters. The molecule has 5 nitrogen and oxygen atoms in total. The number of hydrogen-bond acceptors (Lipinski definition) is 4. The lowest BCUT2D eigenvalue weighted by atomic mass is 10.4. The van der Waals surface area contributed by atoms with E-state index in [-0.39, 0.29) is 5.70 Å². The van der Waals surface area contributed by atoms with Gasteiger partial charge in [-0.1, -0.05) is 0 Å². The van der Waals surface area contributed by atoms with Gasteiger partial charge in [-0.15, -0.1) is 0 Å². The second-order valence-corrected chi connectivity index (χ2v) is 1.49. The van der Waals surface area contributed by atoms with Crippen LogP contribution < -0.4 is 11.5 Å². The molecule has 0 bridgehead atoms. The van der Waals surface area contributed by atoms with E-state index in [4.69, 9.17) is 11.5 Å². The Hall–Kier alpha value is -1.52. The van der Waals surface area contributed by atoms with Crippen molar-refractivity contribution >= 4 is 11.9 Å². The molecular formula is C5H8N2O3. The largest absolute Gasteiger partial charge is 0.466 e. The summed E-state index contributed by atoms with van der Waals surface area (Å²) in [6.07, 6.45) is 0.822. The molecule has 0 aromatic rings. The van der Waals surface area contributed by atoms with E-state index in [9.17, 15) is 9.59 Å². The molecule has 5 heteroatoms. The van der Waals surface area contributed by atoms with E-state index in [0.717, 1.165) is 6.08 Å². The van der Waals surface area contributed by atoms with E-state index < -0.39 is 11.9 Å². The number of esters is 1. The Labute approximate surface area is 57.6 Å². The van der Waals surface area contributed by atoms with E-state index in [2.05, 4.69) is 4.74 Å². The summed E-state index contributed by atoms with van der Waals surface area (Å²) in [5.41, 5.74) is 9.36. The van der Waals surface area contributed by atoms with Crippen LogP contribution in [0.5, 0.6) is 0 Å². The van der Waals surface area contributed by atoms with Crippen molar-refractivity contribution in [2.75, 3.05) is 7.11 Å². The zero-order valence-electron chi connectivity index (χ0n) is 5.46. The Bertz CT molecular complexity index is 185. The second kappa shape index (κ2) is 3.49. The van der Waals surface area contributed by atoms with Gasteiger partial charge in [-0.3, -0.25) is 4.79 Å². The number of carbonyl (C=O) groups excluding carboxylic acids is 2. The van der Waals surface area contributed by atoms with Crippen molar-refractivity contribution in [3.8, 4) is 0 Å². The number of nitrogens with two attached hydrogens (primary N) is 2. The zero-order valence-corrected chi connectivity index (χ0v) is 5.46. The van der Waals surface area contributed by atoms with Crippen molar-refractivity contribution in [1.82, 2.24) is 0 Å². The van der Waals surface area contributed by atoms with E-state index in [1.165, 1.54) is 7.11 Å². The van der Waals surface area contributed by atoms with Gasteiger partial charge in [0.2, 0.25) is 0 Å². The summed E-state index contributed by atoms with van der Waals surface area (Å²) in [4.78, 5) is 20.5. The average molecular weight is 144 g/mol. The second-order valence-electron chi connectivity index (χ2n) is 1.49. The summed E-state index contributed by atoms with van der Waals surface area (Å²) >= 11 is 0. The molecule has 1 amide bonds. The van der Waals surface area contributed by atoms with Gasteiger partial charge in [-0.05, 0) is 0 Å². The van der Waals surface area contributed by atoms with Crippen molar-refractivity contribution in [3.63, 3.8) is 0 Å². The van der Waals surface area contributed by atoms with Crippen molar-refractivity contribution in [1.29, 1.82) is 0 Å². The van der Waals surface area contributed by atoms with Crippen LogP contribution in [0.3, 0.4) is 0 Å². The van der Waals surface area contributed by atoms with Gasteiger partial charge in [0.05, 0.1) is 13.2 Å². The molecule has 0 spiro atoms. The predicted octanol–water partition coefficient (Wildman–Crippen LogP) is -1.51. The van der Waals surface area contributed by atoms with Gasteiger partial charge >= 0.3 is 5.97 Å². The highest BCUT2D eigenvalue weighted by atomic mass is 16.5. The maximum Gasteiger partial charge on any atom is 0.332 e. The third-order valence-corrected chi connectivity index (χ3v) is 0.759. The Kier molecular flexibility index (Phi) is 2.96. The highest BCUT2D eigenvalue weighted by Gasteiger charge is 2.01. The van der Waals surface area contributed by atoms with E-state index in [1.54, 1.807) is 0 Å². The Morgan fingerprint density at radius 3 is 2.20 bits per heavy atom. The van der Waals surface area contributed by atoms with Crippen LogP contribution in [0, 0.1) is 0 Å². The SMILES string of the molecule is COC(=O)/C=C(\N)C(N)=O. The first-order valence-electron chi connectivity index (χ1n) is 2.43. The molecule has 0 saturated carbocycles. The molecule has 0 aliphatic carbocycles. The summed E-state index contributed by atoms with van der Waals surface area (Å²) < 4.78 is 4.17.